The zero-order valence-electron chi connectivity index (χ0n) is 30.2. The maximum atomic E-state index is 5.09. The van der Waals surface area contributed by atoms with Gasteiger partial charge in [0.15, 0.2) is 12.3 Å². The molecule has 0 aromatic carbocycles. The molecule has 5 rings (SSSR count). The number of thiazole rings is 2. The first-order valence-electron chi connectivity index (χ1n) is 15.2. The minimum Gasteiger partial charge on any atom is -0.451 e. The van der Waals surface area contributed by atoms with E-state index in [2.05, 4.69) is 145 Å². The van der Waals surface area contributed by atoms with E-state index in [1.54, 1.807) is 41.4 Å². The third-order valence-corrected chi connectivity index (χ3v) is 7.65. The first kappa shape index (κ1) is 40.0. The highest BCUT2D eigenvalue weighted by Crippen LogP contribution is 2.28. The van der Waals surface area contributed by atoms with Gasteiger partial charge in [0.1, 0.15) is 12.5 Å². The molecule has 1 aliphatic rings. The third-order valence-electron chi connectivity index (χ3n) is 5.86. The Morgan fingerprint density at radius 2 is 1.31 bits per heavy atom. The van der Waals surface area contributed by atoms with Crippen LogP contribution in [0.15, 0.2) is 78.4 Å². The van der Waals surface area contributed by atoms with Crippen molar-refractivity contribution in [3.63, 3.8) is 0 Å². The third kappa shape index (κ3) is 16.2. The van der Waals surface area contributed by atoms with Gasteiger partial charge in [-0.25, -0.2) is 19.9 Å². The van der Waals surface area contributed by atoms with E-state index in [9.17, 15) is 0 Å². The molecule has 0 saturated heterocycles. The van der Waals surface area contributed by atoms with Crippen molar-refractivity contribution in [2.75, 3.05) is 6.54 Å². The Morgan fingerprint density at radius 1 is 0.667 bits per heavy atom. The highest BCUT2D eigenvalue weighted by molar-refractivity contribution is 7.09. The lowest BCUT2D eigenvalue weighted by atomic mass is 9.92. The summed E-state index contributed by atoms with van der Waals surface area (Å²) in [6.07, 6.45) is 10.3. The maximum Gasteiger partial charge on any atom is 0.199 e. The van der Waals surface area contributed by atoms with Gasteiger partial charge in [-0.3, -0.25) is 0 Å². The van der Waals surface area contributed by atoms with E-state index in [1.165, 1.54) is 17.1 Å². The number of allylic oxidation sites excluding steroid dienone is 1. The molecule has 45 heavy (non-hydrogen) atoms. The summed E-state index contributed by atoms with van der Waals surface area (Å²) < 4.78 is 9.92. The van der Waals surface area contributed by atoms with Crippen molar-refractivity contribution in [3.8, 4) is 0 Å². The molecule has 4 aromatic heterocycles. The first-order valence-corrected chi connectivity index (χ1v) is 17.0. The molecule has 0 N–H and O–H groups in total. The summed E-state index contributed by atoms with van der Waals surface area (Å²) in [5.41, 5.74) is 5.98. The molecular weight excluding hydrogens is 601 g/mol. The van der Waals surface area contributed by atoms with E-state index in [0.29, 0.717) is 0 Å². The van der Waals surface area contributed by atoms with Gasteiger partial charge >= 0.3 is 0 Å². The van der Waals surface area contributed by atoms with Crippen LogP contribution in [0.2, 0.25) is 0 Å². The lowest BCUT2D eigenvalue weighted by Gasteiger charge is -2.15. The fourth-order valence-corrected chi connectivity index (χ4v) is 4.60. The first-order chi connectivity index (χ1) is 20.5. The van der Waals surface area contributed by atoms with Crippen molar-refractivity contribution in [2.24, 2.45) is 15.6 Å². The van der Waals surface area contributed by atoms with Gasteiger partial charge < -0.3 is 8.83 Å². The van der Waals surface area contributed by atoms with Gasteiger partial charge in [0, 0.05) is 44.0 Å². The number of azo groups is 1. The standard InChI is InChI=1S/C7H12N2.2C7H11NO.2C7H11NS/c1-7(2,3)6-4-5-8-9-6;1-7(2,3)6-4-9-5-8-6;1-7(2,3)6-8-4-5-9-6;1-7(2,3)6-4-9-5-8-6;1-7(2,3)6-8-4-5-9-6/h4H,5H2,1-3H3;4*4-5H,1-3H3. The Labute approximate surface area is 280 Å². The molecule has 0 aliphatic carbocycles. The SMILES string of the molecule is CC(C)(C)C1=CCN=N1.CC(C)(C)c1cocn1.CC(C)(C)c1cscn1.CC(C)(C)c1ncco1.CC(C)(C)c1nccs1. The lowest BCUT2D eigenvalue weighted by molar-refractivity contribution is 0.392. The van der Waals surface area contributed by atoms with Crippen LogP contribution in [0.5, 0.6) is 0 Å². The van der Waals surface area contributed by atoms with Gasteiger partial charge in [0.25, 0.3) is 0 Å². The zero-order chi connectivity index (χ0) is 34.5. The number of aromatic nitrogens is 4. The number of oxazole rings is 2. The molecule has 0 unspecified atom stereocenters. The van der Waals surface area contributed by atoms with Gasteiger partial charge in [-0.2, -0.15) is 10.2 Å². The van der Waals surface area contributed by atoms with E-state index in [0.717, 1.165) is 23.8 Å². The smallest absolute Gasteiger partial charge is 0.199 e. The monoisotopic (exact) mass is 656 g/mol. The number of nitrogens with zero attached hydrogens (tertiary/aromatic N) is 6. The van der Waals surface area contributed by atoms with Gasteiger partial charge in [-0.05, 0) is 6.08 Å². The van der Waals surface area contributed by atoms with Gasteiger partial charge in [-0.15, -0.1) is 22.7 Å². The van der Waals surface area contributed by atoms with Crippen molar-refractivity contribution in [2.45, 2.75) is 126 Å². The van der Waals surface area contributed by atoms with Crippen LogP contribution in [0.25, 0.3) is 0 Å². The molecular formula is C35H56N6O2S2. The van der Waals surface area contributed by atoms with Crippen LogP contribution in [-0.2, 0) is 21.7 Å². The highest BCUT2D eigenvalue weighted by Gasteiger charge is 2.19. The predicted octanol–water partition coefficient (Wildman–Crippen LogP) is 11.2. The fourth-order valence-electron chi connectivity index (χ4n) is 3.09. The highest BCUT2D eigenvalue weighted by atomic mass is 32.1. The van der Waals surface area contributed by atoms with Crippen LogP contribution >= 0.6 is 22.7 Å². The molecule has 8 nitrogen and oxygen atoms in total. The number of hydrogen-bond acceptors (Lipinski definition) is 10. The summed E-state index contributed by atoms with van der Waals surface area (Å²) in [5, 5.41) is 13.2. The van der Waals surface area contributed by atoms with E-state index in [-0.39, 0.29) is 27.1 Å². The van der Waals surface area contributed by atoms with Crippen LogP contribution in [0, 0.1) is 5.41 Å². The molecule has 0 spiro atoms. The summed E-state index contributed by atoms with van der Waals surface area (Å²) in [6.45, 7) is 32.7. The lowest BCUT2D eigenvalue weighted by Crippen LogP contribution is -2.10. The summed E-state index contributed by atoms with van der Waals surface area (Å²) in [5.74, 6) is 0.794. The van der Waals surface area contributed by atoms with Crippen molar-refractivity contribution in [3.05, 3.63) is 81.6 Å². The van der Waals surface area contributed by atoms with Crippen molar-refractivity contribution < 1.29 is 8.83 Å². The summed E-state index contributed by atoms with van der Waals surface area (Å²) >= 11 is 3.37. The summed E-state index contributed by atoms with van der Waals surface area (Å²) in [4.78, 5) is 16.5. The van der Waals surface area contributed by atoms with E-state index < -0.39 is 0 Å². The van der Waals surface area contributed by atoms with E-state index in [4.69, 9.17) is 8.83 Å². The summed E-state index contributed by atoms with van der Waals surface area (Å²) in [7, 11) is 0. The van der Waals surface area contributed by atoms with Gasteiger partial charge in [-0.1, -0.05) is 104 Å². The Bertz CT molecular complexity index is 1180. The molecule has 10 heteroatoms. The quantitative estimate of drug-likeness (QED) is 0.187. The Kier molecular flexibility index (Phi) is 15.2. The van der Waals surface area contributed by atoms with Gasteiger partial charge in [0.05, 0.1) is 40.3 Å². The minimum absolute atomic E-state index is 0.0451. The molecule has 0 bridgehead atoms. The molecule has 0 atom stereocenters. The zero-order valence-corrected chi connectivity index (χ0v) is 31.9. The number of hydrogen-bond donors (Lipinski definition) is 0. The Balaban J connectivity index is 0.000000281. The molecule has 250 valence electrons. The van der Waals surface area contributed by atoms with Crippen molar-refractivity contribution in [1.29, 1.82) is 0 Å². The van der Waals surface area contributed by atoms with E-state index in [1.807, 2.05) is 17.1 Å². The summed E-state index contributed by atoms with van der Waals surface area (Å²) in [6, 6.07) is 0. The molecule has 0 saturated carbocycles. The van der Waals surface area contributed by atoms with Crippen LogP contribution in [0.3, 0.4) is 0 Å². The molecule has 0 fully saturated rings. The van der Waals surface area contributed by atoms with Crippen LogP contribution in [0.1, 0.15) is 126 Å². The van der Waals surface area contributed by atoms with E-state index >= 15 is 0 Å². The second kappa shape index (κ2) is 17.1. The maximum absolute atomic E-state index is 5.09. The Hall–Kier alpha value is -2.98. The molecule has 1 aliphatic heterocycles. The fraction of sp³-hybridized carbons (Fsp3) is 0.600. The van der Waals surface area contributed by atoms with Gasteiger partial charge in [0.2, 0.25) is 0 Å². The topological polar surface area (TPSA) is 103 Å². The van der Waals surface area contributed by atoms with Crippen molar-refractivity contribution in [1.82, 2.24) is 19.9 Å². The largest absolute Gasteiger partial charge is 0.451 e. The van der Waals surface area contributed by atoms with Crippen LogP contribution in [-0.4, -0.2) is 26.5 Å². The van der Waals surface area contributed by atoms with Crippen molar-refractivity contribution >= 4 is 22.7 Å². The molecule has 0 amide bonds. The average Bonchev–Trinajstić information content (AvgIpc) is 3.75. The second-order valence-corrected chi connectivity index (χ2v) is 17.3. The average molecular weight is 657 g/mol. The van der Waals surface area contributed by atoms with Crippen LogP contribution in [0.4, 0.5) is 0 Å². The Morgan fingerprint density at radius 3 is 1.53 bits per heavy atom. The van der Waals surface area contributed by atoms with Crippen LogP contribution < -0.4 is 0 Å². The minimum atomic E-state index is 0.0451. The number of rotatable bonds is 0. The normalized spacial score (nSPS) is 13.2. The predicted molar refractivity (Wildman–Crippen MR) is 189 cm³/mol. The molecule has 0 radical (unpaired) electrons. The second-order valence-electron chi connectivity index (χ2n) is 15.7. The molecule has 4 aromatic rings. The molecule has 5 heterocycles.